The van der Waals surface area contributed by atoms with Crippen LogP contribution in [0.2, 0.25) is 5.02 Å². The molecule has 0 aliphatic carbocycles. The lowest BCUT2D eigenvalue weighted by molar-refractivity contribution is -0.122. The van der Waals surface area contributed by atoms with Crippen molar-refractivity contribution < 1.29 is 9.90 Å². The number of carbonyl (C=O) groups is 1. The van der Waals surface area contributed by atoms with E-state index in [2.05, 4.69) is 34.5 Å². The number of piperidine rings is 1. The number of aromatic nitrogens is 2. The van der Waals surface area contributed by atoms with Gasteiger partial charge in [0.15, 0.2) is 0 Å². The van der Waals surface area contributed by atoms with E-state index in [1.165, 1.54) is 5.56 Å². The number of amides is 1. The van der Waals surface area contributed by atoms with Gasteiger partial charge in [0.1, 0.15) is 12.4 Å². The summed E-state index contributed by atoms with van der Waals surface area (Å²) >= 11 is 6.22. The van der Waals surface area contributed by atoms with Gasteiger partial charge >= 0.3 is 0 Å². The molecule has 34 heavy (non-hydrogen) atoms. The molecule has 1 aliphatic heterocycles. The molecule has 2 N–H and O–H groups in total. The molecule has 2 aromatic carbocycles. The molecule has 1 aromatic heterocycles. The summed E-state index contributed by atoms with van der Waals surface area (Å²) in [5, 5.41) is 13.5. The molecule has 3 aromatic rings. The number of rotatable bonds is 8. The monoisotopic (exact) mass is 480 g/mol. The van der Waals surface area contributed by atoms with Crippen LogP contribution in [0.1, 0.15) is 32.3 Å². The first kappa shape index (κ1) is 24.5. The Morgan fingerprint density at radius 2 is 2.00 bits per heavy atom. The van der Waals surface area contributed by atoms with Gasteiger partial charge in [0.25, 0.3) is 0 Å². The molecular weight excluding hydrogens is 448 g/mol. The van der Waals surface area contributed by atoms with E-state index in [0.717, 1.165) is 55.7 Å². The van der Waals surface area contributed by atoms with Crippen LogP contribution in [0.15, 0.2) is 54.7 Å². The first-order chi connectivity index (χ1) is 16.4. The minimum absolute atomic E-state index is 0.0552. The highest BCUT2D eigenvalue weighted by molar-refractivity contribution is 6.30. The second kappa shape index (κ2) is 11.2. The number of nitrogens with zero attached hydrogens (tertiary/aromatic N) is 3. The van der Waals surface area contributed by atoms with Crippen LogP contribution in [0.5, 0.6) is 0 Å². The second-order valence-corrected chi connectivity index (χ2v) is 9.79. The third kappa shape index (κ3) is 6.47. The quantitative estimate of drug-likeness (QED) is 0.501. The van der Waals surface area contributed by atoms with Crippen LogP contribution in [0.4, 0.5) is 0 Å². The zero-order valence-electron chi connectivity index (χ0n) is 19.9. The molecule has 1 amide bonds. The van der Waals surface area contributed by atoms with E-state index in [-0.39, 0.29) is 24.6 Å². The average Bonchev–Trinajstić information content (AvgIpc) is 3.21. The molecule has 0 radical (unpaired) electrons. The van der Waals surface area contributed by atoms with Crippen molar-refractivity contribution in [2.75, 3.05) is 19.6 Å². The van der Waals surface area contributed by atoms with Gasteiger partial charge in [-0.05, 0) is 57.4 Å². The predicted molar refractivity (Wildman–Crippen MR) is 137 cm³/mol. The number of benzene rings is 2. The summed E-state index contributed by atoms with van der Waals surface area (Å²) in [5.41, 5.74) is 3.95. The fourth-order valence-electron chi connectivity index (χ4n) is 4.42. The molecule has 0 spiro atoms. The summed E-state index contributed by atoms with van der Waals surface area (Å²) in [6, 6.07) is 16.1. The van der Waals surface area contributed by atoms with Gasteiger partial charge < -0.3 is 19.9 Å². The lowest BCUT2D eigenvalue weighted by Gasteiger charge is -2.29. The topological polar surface area (TPSA) is 70.4 Å². The number of aliphatic hydroxyl groups is 1. The maximum atomic E-state index is 12.5. The molecule has 1 aliphatic rings. The van der Waals surface area contributed by atoms with Crippen LogP contribution in [-0.2, 0) is 17.8 Å². The van der Waals surface area contributed by atoms with Gasteiger partial charge in [-0.25, -0.2) is 4.98 Å². The minimum atomic E-state index is -0.192. The van der Waals surface area contributed by atoms with Crippen molar-refractivity contribution in [1.29, 1.82) is 0 Å². The number of imidazole rings is 1. The Bertz CT molecular complexity index is 1110. The van der Waals surface area contributed by atoms with Gasteiger partial charge in [-0.2, -0.15) is 0 Å². The standard InChI is InChI=1S/C27H33ClN4O2/c1-19(2)29-26(34)18-32-17-25(30-27(32)22-5-3-6-23(28)15-22)21-10-8-20(9-11-21)12-14-31-13-4-7-24(33)16-31/h3,5-6,8-11,15,17,19,24,33H,4,7,12-14,16,18H2,1-2H3,(H,29,34). The van der Waals surface area contributed by atoms with Crippen molar-refractivity contribution in [2.45, 2.75) is 51.8 Å². The van der Waals surface area contributed by atoms with E-state index in [9.17, 15) is 9.90 Å². The molecule has 4 rings (SSSR count). The summed E-state index contributed by atoms with van der Waals surface area (Å²) in [5.74, 6) is 0.657. The number of halogens is 1. The van der Waals surface area contributed by atoms with Crippen LogP contribution in [0.3, 0.4) is 0 Å². The predicted octanol–water partition coefficient (Wildman–Crippen LogP) is 4.39. The average molecular weight is 481 g/mol. The van der Waals surface area contributed by atoms with Crippen LogP contribution in [0, 0.1) is 0 Å². The van der Waals surface area contributed by atoms with E-state index in [1.807, 2.05) is 48.9 Å². The summed E-state index contributed by atoms with van der Waals surface area (Å²) in [6.45, 7) is 6.87. The summed E-state index contributed by atoms with van der Waals surface area (Å²) in [4.78, 5) is 19.7. The van der Waals surface area contributed by atoms with Crippen molar-refractivity contribution in [2.24, 2.45) is 0 Å². The molecule has 180 valence electrons. The molecule has 6 nitrogen and oxygen atoms in total. The zero-order chi connectivity index (χ0) is 24.1. The van der Waals surface area contributed by atoms with Crippen LogP contribution >= 0.6 is 11.6 Å². The molecule has 2 heterocycles. The third-order valence-corrected chi connectivity index (χ3v) is 6.31. The van der Waals surface area contributed by atoms with Crippen molar-refractivity contribution >= 4 is 17.5 Å². The largest absolute Gasteiger partial charge is 0.392 e. The molecule has 1 atom stereocenters. The van der Waals surface area contributed by atoms with Crippen molar-refractivity contribution in [1.82, 2.24) is 19.8 Å². The molecule has 1 fully saturated rings. The Labute approximate surface area is 206 Å². The fourth-order valence-corrected chi connectivity index (χ4v) is 4.61. The molecular formula is C27H33ClN4O2. The molecule has 0 saturated carbocycles. The SMILES string of the molecule is CC(C)NC(=O)Cn1cc(-c2ccc(CCN3CCCC(O)C3)cc2)nc1-c1cccc(Cl)c1. The van der Waals surface area contributed by atoms with E-state index in [1.54, 1.807) is 0 Å². The second-order valence-electron chi connectivity index (χ2n) is 9.35. The Morgan fingerprint density at radius 3 is 2.71 bits per heavy atom. The number of hydrogen-bond donors (Lipinski definition) is 2. The number of likely N-dealkylation sites (tertiary alicyclic amines) is 1. The highest BCUT2D eigenvalue weighted by Gasteiger charge is 2.18. The smallest absolute Gasteiger partial charge is 0.240 e. The highest BCUT2D eigenvalue weighted by Crippen LogP contribution is 2.27. The van der Waals surface area contributed by atoms with Gasteiger partial charge in [-0.15, -0.1) is 0 Å². The van der Waals surface area contributed by atoms with Crippen LogP contribution in [0.25, 0.3) is 22.6 Å². The van der Waals surface area contributed by atoms with E-state index in [0.29, 0.717) is 10.8 Å². The van der Waals surface area contributed by atoms with E-state index >= 15 is 0 Å². The minimum Gasteiger partial charge on any atom is -0.392 e. The van der Waals surface area contributed by atoms with Gasteiger partial charge in [0, 0.05) is 41.5 Å². The first-order valence-electron chi connectivity index (χ1n) is 12.0. The van der Waals surface area contributed by atoms with Crippen molar-refractivity contribution in [3.8, 4) is 22.6 Å². The zero-order valence-corrected chi connectivity index (χ0v) is 20.6. The van der Waals surface area contributed by atoms with Crippen LogP contribution < -0.4 is 5.32 Å². The van der Waals surface area contributed by atoms with Crippen molar-refractivity contribution in [3.63, 3.8) is 0 Å². The molecule has 7 heteroatoms. The Hall–Kier alpha value is -2.67. The third-order valence-electron chi connectivity index (χ3n) is 6.07. The van der Waals surface area contributed by atoms with E-state index in [4.69, 9.17) is 16.6 Å². The lowest BCUT2D eigenvalue weighted by atomic mass is 10.1. The summed E-state index contributed by atoms with van der Waals surface area (Å²) in [6.07, 6.45) is 4.66. The number of hydrogen-bond acceptors (Lipinski definition) is 4. The number of aliphatic hydroxyl groups excluding tert-OH is 1. The van der Waals surface area contributed by atoms with Crippen LogP contribution in [-0.4, -0.2) is 57.2 Å². The summed E-state index contributed by atoms with van der Waals surface area (Å²) < 4.78 is 1.88. The van der Waals surface area contributed by atoms with Gasteiger partial charge in [0.05, 0.1) is 11.8 Å². The van der Waals surface area contributed by atoms with Gasteiger partial charge in [-0.3, -0.25) is 4.79 Å². The van der Waals surface area contributed by atoms with Gasteiger partial charge in [-0.1, -0.05) is 48.0 Å². The molecule has 1 unspecified atom stereocenters. The highest BCUT2D eigenvalue weighted by atomic mass is 35.5. The Kier molecular flexibility index (Phi) is 8.03. The summed E-state index contributed by atoms with van der Waals surface area (Å²) in [7, 11) is 0. The molecule has 0 bridgehead atoms. The Balaban J connectivity index is 1.52. The number of β-amino-alcohol motifs (C(OH)–C–C–N with tert-alkyl or cyclic N) is 1. The van der Waals surface area contributed by atoms with Gasteiger partial charge in [0.2, 0.25) is 5.91 Å². The van der Waals surface area contributed by atoms with Crippen molar-refractivity contribution in [3.05, 3.63) is 65.3 Å². The number of carbonyl (C=O) groups excluding carboxylic acids is 1. The normalized spacial score (nSPS) is 16.7. The lowest BCUT2D eigenvalue weighted by Crippen LogP contribution is -2.39. The maximum Gasteiger partial charge on any atom is 0.240 e. The number of nitrogens with one attached hydrogen (secondary N) is 1. The van der Waals surface area contributed by atoms with E-state index < -0.39 is 0 Å². The maximum absolute atomic E-state index is 12.5. The molecule has 1 saturated heterocycles. The first-order valence-corrected chi connectivity index (χ1v) is 12.4. The fraction of sp³-hybridized carbons (Fsp3) is 0.407. The Morgan fingerprint density at radius 1 is 1.21 bits per heavy atom.